The van der Waals surface area contributed by atoms with Gasteiger partial charge in [0.15, 0.2) is 9.75 Å². The van der Waals surface area contributed by atoms with Gasteiger partial charge in [-0.3, -0.25) is 19.2 Å². The van der Waals surface area contributed by atoms with E-state index in [0.717, 1.165) is 17.0 Å². The molecule has 0 bridgehead atoms. The number of hydrogen-bond acceptors (Lipinski definition) is 7. The summed E-state index contributed by atoms with van der Waals surface area (Å²) in [5.41, 5.74) is 5.79. The van der Waals surface area contributed by atoms with Gasteiger partial charge in [0.05, 0.1) is 24.6 Å². The van der Waals surface area contributed by atoms with Crippen molar-refractivity contribution in [2.24, 2.45) is 23.5 Å². The van der Waals surface area contributed by atoms with Crippen LogP contribution in [0.3, 0.4) is 0 Å². The molecule has 1 saturated carbocycles. The van der Waals surface area contributed by atoms with Gasteiger partial charge in [-0.25, -0.2) is 14.1 Å². The average Bonchev–Trinajstić information content (AvgIpc) is 3.28. The molecule has 13 heteroatoms. The van der Waals surface area contributed by atoms with Crippen LogP contribution in [0.2, 0.25) is 0 Å². The first-order valence-electron chi connectivity index (χ1n) is 12.6. The van der Waals surface area contributed by atoms with Crippen LogP contribution in [-0.2, 0) is 19.2 Å². The zero-order valence-corrected chi connectivity index (χ0v) is 22.9. The second-order valence-corrected chi connectivity index (χ2v) is 11.7. The van der Waals surface area contributed by atoms with E-state index in [1.54, 1.807) is 6.08 Å². The van der Waals surface area contributed by atoms with Gasteiger partial charge in [-0.1, -0.05) is 17.7 Å². The van der Waals surface area contributed by atoms with E-state index < -0.39 is 68.9 Å². The number of aromatic hydroxyl groups is 1. The molecule has 2 aliphatic heterocycles. The molecule has 6 amide bonds. The predicted octanol–water partition coefficient (Wildman–Crippen LogP) is 3.18. The molecule has 10 nitrogen and oxygen atoms in total. The Hall–Kier alpha value is -3.96. The third kappa shape index (κ3) is 3.39. The number of anilines is 1. The van der Waals surface area contributed by atoms with E-state index in [-0.39, 0.29) is 35.6 Å². The lowest BCUT2D eigenvalue weighted by molar-refractivity contribution is -0.136. The van der Waals surface area contributed by atoms with E-state index in [2.05, 4.69) is 0 Å². The highest BCUT2D eigenvalue weighted by molar-refractivity contribution is 6.58. The number of nitrogens with two attached hydrogens (primary N) is 1. The fraction of sp³-hybridized carbons (Fsp3) is 0.321. The number of ether oxygens (including phenoxy) is 1. The molecule has 2 aromatic carbocycles. The van der Waals surface area contributed by atoms with Crippen molar-refractivity contribution in [1.29, 1.82) is 0 Å². The fourth-order valence-electron chi connectivity index (χ4n) is 6.93. The number of halogens is 3. The second-order valence-electron chi connectivity index (χ2n) is 10.5. The van der Waals surface area contributed by atoms with Crippen molar-refractivity contribution in [3.8, 4) is 11.5 Å². The van der Waals surface area contributed by atoms with Gasteiger partial charge in [-0.2, -0.15) is 4.90 Å². The van der Waals surface area contributed by atoms with Crippen molar-refractivity contribution in [3.05, 3.63) is 65.5 Å². The lowest BCUT2D eigenvalue weighted by Crippen LogP contribution is -2.60. The molecular weight excluding hydrogens is 580 g/mol. The van der Waals surface area contributed by atoms with Gasteiger partial charge >= 0.3 is 6.03 Å². The van der Waals surface area contributed by atoms with Crippen LogP contribution in [0.25, 0.3) is 0 Å². The topological polar surface area (TPSA) is 147 Å². The number of benzene rings is 2. The van der Waals surface area contributed by atoms with Gasteiger partial charge in [0, 0.05) is 11.5 Å². The van der Waals surface area contributed by atoms with E-state index in [0.29, 0.717) is 10.5 Å². The predicted molar refractivity (Wildman–Crippen MR) is 143 cm³/mol. The minimum Gasteiger partial charge on any atom is -0.508 e. The maximum absolute atomic E-state index is 14.3. The summed E-state index contributed by atoms with van der Waals surface area (Å²) in [6.45, 7) is 0. The Morgan fingerprint density at radius 1 is 1.05 bits per heavy atom. The Labute approximate surface area is 242 Å². The van der Waals surface area contributed by atoms with Gasteiger partial charge < -0.3 is 15.6 Å². The van der Waals surface area contributed by atoms with Crippen LogP contribution >= 0.6 is 23.2 Å². The summed E-state index contributed by atoms with van der Waals surface area (Å²) in [5, 5.41) is 11.1. The monoisotopic (exact) mass is 601 g/mol. The summed E-state index contributed by atoms with van der Waals surface area (Å²) in [5.74, 6) is -8.60. The molecule has 0 spiro atoms. The third-order valence-electron chi connectivity index (χ3n) is 8.67. The van der Waals surface area contributed by atoms with Crippen molar-refractivity contribution < 1.29 is 38.2 Å². The number of urea groups is 1. The molecule has 4 aliphatic rings. The molecule has 212 valence electrons. The minimum atomic E-state index is -2.25. The number of primary amides is 1. The van der Waals surface area contributed by atoms with E-state index in [9.17, 15) is 33.5 Å². The summed E-state index contributed by atoms with van der Waals surface area (Å²) in [6, 6.07) is 7.74. The summed E-state index contributed by atoms with van der Waals surface area (Å²) in [4.78, 5) is 63.6. The molecule has 2 aliphatic carbocycles. The number of nitrogens with zero attached hydrogens (tertiary/aromatic N) is 2. The number of methoxy groups -OCH3 is 1. The molecule has 0 aromatic heterocycles. The number of likely N-dealkylation sites (tertiary alicyclic amines) is 1. The molecule has 0 radical (unpaired) electrons. The summed E-state index contributed by atoms with van der Waals surface area (Å²) >= 11 is 14.4. The number of hydrogen-bond donors (Lipinski definition) is 2. The van der Waals surface area contributed by atoms with Crippen molar-refractivity contribution >= 4 is 58.5 Å². The highest BCUT2D eigenvalue weighted by Gasteiger charge is 2.77. The molecule has 6 atom stereocenters. The molecule has 6 rings (SSSR count). The maximum atomic E-state index is 14.3. The largest absolute Gasteiger partial charge is 0.508 e. The van der Waals surface area contributed by atoms with E-state index in [1.165, 1.54) is 37.4 Å². The number of amides is 6. The number of fused-ring (bicyclic) bond motifs is 4. The lowest BCUT2D eigenvalue weighted by atomic mass is 9.56. The molecule has 41 heavy (non-hydrogen) atoms. The van der Waals surface area contributed by atoms with Gasteiger partial charge in [0.1, 0.15) is 17.3 Å². The molecule has 2 aromatic rings. The maximum Gasteiger partial charge on any atom is 0.328 e. The first-order valence-corrected chi connectivity index (χ1v) is 13.4. The quantitative estimate of drug-likeness (QED) is 0.312. The molecule has 2 heterocycles. The lowest BCUT2D eigenvalue weighted by Gasteiger charge is -2.50. The van der Waals surface area contributed by atoms with Crippen LogP contribution in [0.5, 0.6) is 11.5 Å². The van der Waals surface area contributed by atoms with E-state index in [4.69, 9.17) is 33.7 Å². The number of allylic oxidation sites excluding steroid dienone is 2. The first-order chi connectivity index (χ1) is 19.4. The van der Waals surface area contributed by atoms with Crippen LogP contribution in [0.1, 0.15) is 24.3 Å². The molecule has 3 N–H and O–H groups in total. The number of carbonyl (C=O) groups is 5. The zero-order valence-electron chi connectivity index (χ0n) is 21.3. The number of alkyl halides is 2. The zero-order chi connectivity index (χ0) is 29.6. The van der Waals surface area contributed by atoms with Crippen LogP contribution in [-0.4, -0.2) is 56.5 Å². The van der Waals surface area contributed by atoms with Crippen molar-refractivity contribution in [3.63, 3.8) is 0 Å². The van der Waals surface area contributed by atoms with Gasteiger partial charge in [0.2, 0.25) is 11.8 Å². The van der Waals surface area contributed by atoms with Gasteiger partial charge in [-0.05, 0) is 55.2 Å². The van der Waals surface area contributed by atoms with Crippen LogP contribution in [0.15, 0.2) is 54.1 Å². The SMILES string of the molecule is COc1cccc(O)c1[C@H]1C2=CC[C@@H]3C(=O)N(C(N)=O)C(=O)[C@@H]3[C@@H]2C[C@@]2(Cl)C(=O)N(c3ccc(F)cc3)C(=O)[C@@]12Cl. The highest BCUT2D eigenvalue weighted by atomic mass is 35.5. The van der Waals surface area contributed by atoms with Crippen LogP contribution in [0, 0.1) is 23.6 Å². The molecule has 3 fully saturated rings. The molecule has 2 saturated heterocycles. The highest BCUT2D eigenvalue weighted by Crippen LogP contribution is 2.67. The summed E-state index contributed by atoms with van der Waals surface area (Å²) in [6.07, 6.45) is 1.28. The van der Waals surface area contributed by atoms with Gasteiger partial charge in [-0.15, -0.1) is 23.2 Å². The van der Waals surface area contributed by atoms with Crippen molar-refractivity contribution in [1.82, 2.24) is 4.90 Å². The van der Waals surface area contributed by atoms with Crippen molar-refractivity contribution in [2.45, 2.75) is 28.5 Å². The number of imide groups is 4. The molecule has 0 unspecified atom stereocenters. The summed E-state index contributed by atoms with van der Waals surface area (Å²) < 4.78 is 19.2. The Morgan fingerprint density at radius 3 is 2.37 bits per heavy atom. The smallest absolute Gasteiger partial charge is 0.328 e. The Kier molecular flexibility index (Phi) is 5.99. The van der Waals surface area contributed by atoms with Crippen molar-refractivity contribution in [2.75, 3.05) is 12.0 Å². The average molecular weight is 602 g/mol. The number of phenols is 1. The third-order valence-corrected chi connectivity index (χ3v) is 10.1. The Balaban J connectivity index is 1.60. The number of rotatable bonds is 3. The Morgan fingerprint density at radius 2 is 1.73 bits per heavy atom. The van der Waals surface area contributed by atoms with E-state index >= 15 is 0 Å². The van der Waals surface area contributed by atoms with Gasteiger partial charge in [0.25, 0.3) is 11.8 Å². The van der Waals surface area contributed by atoms with E-state index in [1.807, 2.05) is 0 Å². The minimum absolute atomic E-state index is 0.00331. The summed E-state index contributed by atoms with van der Waals surface area (Å²) in [7, 11) is 1.34. The standard InChI is InChI=1S/C28H22Cl2FN3O7/c1-41-18-4-2-3-17(35)20(18)21-14-9-10-15-19(23(37)34(22(15)36)26(32)40)16(14)11-27(29)24(38)33(25(39)28(21,27)30)13-7-5-12(31)6-8-13/h2-9,15-16,19,21,35H,10-11H2,1H3,(H2,32,40)/t15-,16+,19-,21+,27+,28-/m0/s1. The number of phenolic OH excluding ortho intramolecular Hbond substituents is 1. The Bertz CT molecular complexity index is 1600. The van der Waals surface area contributed by atoms with Crippen LogP contribution in [0.4, 0.5) is 14.9 Å². The molecular formula is C28H22Cl2FN3O7. The fourth-order valence-corrected chi connectivity index (χ4v) is 7.85. The first kappa shape index (κ1) is 27.2. The normalized spacial score (nSPS) is 32.4. The van der Waals surface area contributed by atoms with Crippen LogP contribution < -0.4 is 15.4 Å². The second kappa shape index (κ2) is 9.02. The number of carbonyl (C=O) groups excluding carboxylic acids is 5.